The Morgan fingerprint density at radius 1 is 0.917 bits per heavy atom. The molecule has 2 aliphatic rings. The minimum Gasteiger partial charge on any atom is -0.478 e. The van der Waals surface area contributed by atoms with E-state index in [0.717, 1.165) is 49.1 Å². The van der Waals surface area contributed by atoms with Gasteiger partial charge in [0.2, 0.25) is 0 Å². The number of hydrogen-bond acceptors (Lipinski definition) is 9. The van der Waals surface area contributed by atoms with Gasteiger partial charge in [0.1, 0.15) is 11.7 Å². The summed E-state index contributed by atoms with van der Waals surface area (Å²) in [5.41, 5.74) is 0.309. The molecule has 0 aromatic carbocycles. The van der Waals surface area contributed by atoms with Crippen LogP contribution in [-0.2, 0) is 38.1 Å². The molecular weight excluding hydrogens is 620 g/mol. The van der Waals surface area contributed by atoms with E-state index in [-0.39, 0.29) is 17.9 Å². The molecule has 0 aromatic rings. The molecule has 0 amide bonds. The van der Waals surface area contributed by atoms with Crippen LogP contribution in [0.3, 0.4) is 0 Å². The second-order valence-electron chi connectivity index (χ2n) is 12.7. The highest BCUT2D eigenvalue weighted by atomic mass is 16.7. The number of aliphatic hydroxyl groups excluding tert-OH is 1. The van der Waals surface area contributed by atoms with Crippen LogP contribution in [0.25, 0.3) is 0 Å². The van der Waals surface area contributed by atoms with Crippen LogP contribution in [0.15, 0.2) is 71.9 Å². The molecule has 11 nitrogen and oxygen atoms in total. The maximum Gasteiger partial charge on any atom is 0.331 e. The maximum absolute atomic E-state index is 13.0. The van der Waals surface area contributed by atoms with Gasteiger partial charge in [-0.25, -0.2) is 19.2 Å². The second-order valence-corrected chi connectivity index (χ2v) is 12.7. The van der Waals surface area contributed by atoms with Gasteiger partial charge in [0.25, 0.3) is 0 Å². The highest BCUT2D eigenvalue weighted by molar-refractivity contribution is 5.91. The van der Waals surface area contributed by atoms with Crippen molar-refractivity contribution in [3.63, 3.8) is 0 Å². The molecule has 1 spiro atoms. The lowest BCUT2D eigenvalue weighted by Gasteiger charge is -2.53. The molecule has 2 fully saturated rings. The fraction of sp³-hybridized carbons (Fsp3) is 0.568. The molecule has 48 heavy (non-hydrogen) atoms. The summed E-state index contributed by atoms with van der Waals surface area (Å²) in [4.78, 5) is 46.6. The van der Waals surface area contributed by atoms with E-state index in [1.165, 1.54) is 13.2 Å². The lowest BCUT2D eigenvalue weighted by atomic mass is 9.78. The summed E-state index contributed by atoms with van der Waals surface area (Å²) in [5.74, 6) is -4.65. The molecule has 0 bridgehead atoms. The van der Waals surface area contributed by atoms with Gasteiger partial charge in [-0.1, -0.05) is 69.2 Å². The van der Waals surface area contributed by atoms with Crippen molar-refractivity contribution in [1.29, 1.82) is 0 Å². The number of hydrogen-bond donors (Lipinski definition) is 3. The molecule has 2 aliphatic heterocycles. The summed E-state index contributed by atoms with van der Waals surface area (Å²) in [5, 5.41) is 28.4. The third-order valence-corrected chi connectivity index (χ3v) is 8.78. The highest BCUT2D eigenvalue weighted by Crippen LogP contribution is 2.48. The molecule has 2 heterocycles. The van der Waals surface area contributed by atoms with Crippen LogP contribution in [0.5, 0.6) is 0 Å². The molecule has 0 aliphatic carbocycles. The average Bonchev–Trinajstić information content (AvgIpc) is 3.04. The zero-order valence-electron chi connectivity index (χ0n) is 28.9. The fourth-order valence-corrected chi connectivity index (χ4v) is 5.76. The standard InChI is InChI=1S/C37H52O11/c1-7-8-20-36(48-35(44)18-17-34(43)45-6)22-23-37(47-31(36)15-11-26(3)24-33(41)42)21-19-28(5)30(46-37)14-10-25(2)9-13-29(38)27(4)12-16-32(39)40/h9-13,15-18,24,27-31,38H,7-8,14,19-23H2,1-6H3,(H,39,40)(H,41,42)/b13-9+,15-11+,16-12+,18-17+,25-10+,26-24+/t27-,28-,29-,30+,31-,36+,37-/m0/s1. The van der Waals surface area contributed by atoms with E-state index in [2.05, 4.69) is 11.7 Å². The molecule has 2 saturated heterocycles. The van der Waals surface area contributed by atoms with E-state index in [4.69, 9.17) is 19.3 Å². The summed E-state index contributed by atoms with van der Waals surface area (Å²) >= 11 is 0. The number of carbonyl (C=O) groups is 4. The average molecular weight is 673 g/mol. The zero-order chi connectivity index (χ0) is 35.9. The van der Waals surface area contributed by atoms with Crippen LogP contribution in [0.2, 0.25) is 0 Å². The van der Waals surface area contributed by atoms with Gasteiger partial charge >= 0.3 is 23.9 Å². The van der Waals surface area contributed by atoms with Crippen molar-refractivity contribution < 1.29 is 53.4 Å². The topological polar surface area (TPSA) is 166 Å². The van der Waals surface area contributed by atoms with E-state index < -0.39 is 47.5 Å². The van der Waals surface area contributed by atoms with E-state index in [9.17, 15) is 29.4 Å². The van der Waals surface area contributed by atoms with Gasteiger partial charge in [-0.15, -0.1) is 0 Å². The number of rotatable bonds is 16. The van der Waals surface area contributed by atoms with Gasteiger partial charge in [-0.3, -0.25) is 0 Å². The molecule has 0 unspecified atom stereocenters. The van der Waals surface area contributed by atoms with Gasteiger partial charge in [-0.2, -0.15) is 0 Å². The summed E-state index contributed by atoms with van der Waals surface area (Å²) in [6.45, 7) is 9.46. The summed E-state index contributed by atoms with van der Waals surface area (Å²) in [6.07, 6.45) is 17.6. The first-order chi connectivity index (χ1) is 22.6. The molecule has 3 N–H and O–H groups in total. The van der Waals surface area contributed by atoms with Crippen molar-refractivity contribution in [2.24, 2.45) is 11.8 Å². The lowest BCUT2D eigenvalue weighted by molar-refractivity contribution is -0.344. The van der Waals surface area contributed by atoms with Gasteiger partial charge in [0.15, 0.2) is 5.79 Å². The van der Waals surface area contributed by atoms with Crippen LogP contribution in [0.4, 0.5) is 0 Å². The molecule has 0 radical (unpaired) electrons. The SMILES string of the molecule is CCCC[C@@]1(OC(=O)/C=C/C(=O)OC)CC[C@]2(CC[C@H](C)[C@@H](C/C=C(C)/C=C/[C@H](O)[C@@H](C)/C=C/C(=O)O)O2)O[C@H]1/C=C/C(C)=C/C(=O)O. The van der Waals surface area contributed by atoms with Crippen LogP contribution in [0.1, 0.15) is 86.0 Å². The van der Waals surface area contributed by atoms with E-state index in [1.807, 2.05) is 19.9 Å². The summed E-state index contributed by atoms with van der Waals surface area (Å²) < 4.78 is 24.2. The lowest BCUT2D eigenvalue weighted by Crippen LogP contribution is -2.59. The van der Waals surface area contributed by atoms with Crippen molar-refractivity contribution in [2.45, 2.75) is 116 Å². The molecular formula is C37H52O11. The second kappa shape index (κ2) is 19.3. The first-order valence-electron chi connectivity index (χ1n) is 16.5. The summed E-state index contributed by atoms with van der Waals surface area (Å²) in [7, 11) is 1.21. The molecule has 0 saturated carbocycles. The van der Waals surface area contributed by atoms with Crippen molar-refractivity contribution in [1.82, 2.24) is 0 Å². The van der Waals surface area contributed by atoms with Crippen LogP contribution >= 0.6 is 0 Å². The van der Waals surface area contributed by atoms with Gasteiger partial charge in [-0.05, 0) is 57.4 Å². The number of ether oxygens (including phenoxy) is 4. The normalized spacial score (nSPS) is 28.4. The highest BCUT2D eigenvalue weighted by Gasteiger charge is 2.54. The van der Waals surface area contributed by atoms with Crippen molar-refractivity contribution in [3.8, 4) is 0 Å². The third kappa shape index (κ3) is 13.0. The largest absolute Gasteiger partial charge is 0.478 e. The number of methoxy groups -OCH3 is 1. The third-order valence-electron chi connectivity index (χ3n) is 8.78. The zero-order valence-corrected chi connectivity index (χ0v) is 28.9. The van der Waals surface area contributed by atoms with E-state index in [1.54, 1.807) is 38.2 Å². The number of aliphatic carboxylic acids is 2. The first kappa shape index (κ1) is 40.4. The smallest absolute Gasteiger partial charge is 0.331 e. The fourth-order valence-electron chi connectivity index (χ4n) is 5.76. The molecule has 11 heteroatoms. The maximum atomic E-state index is 13.0. The minimum atomic E-state index is -1.08. The van der Waals surface area contributed by atoms with E-state index in [0.29, 0.717) is 37.7 Å². The number of aliphatic hydroxyl groups is 1. The Kier molecular flexibility index (Phi) is 16.2. The first-order valence-corrected chi connectivity index (χ1v) is 16.5. The minimum absolute atomic E-state index is 0.184. The predicted octanol–water partition coefficient (Wildman–Crippen LogP) is 6.00. The Morgan fingerprint density at radius 2 is 1.62 bits per heavy atom. The van der Waals surface area contributed by atoms with Crippen molar-refractivity contribution >= 4 is 23.9 Å². The number of unbranched alkanes of at least 4 members (excludes halogenated alkanes) is 1. The number of allylic oxidation sites excluding steroid dienone is 4. The molecule has 266 valence electrons. The number of esters is 2. The van der Waals surface area contributed by atoms with E-state index >= 15 is 0 Å². The van der Waals surface area contributed by atoms with Crippen LogP contribution in [-0.4, -0.2) is 76.0 Å². The van der Waals surface area contributed by atoms with Crippen molar-refractivity contribution in [2.75, 3.05) is 7.11 Å². The Labute approximate surface area is 283 Å². The Bertz CT molecular complexity index is 1310. The Balaban J connectivity index is 2.33. The van der Waals surface area contributed by atoms with Gasteiger partial charge < -0.3 is 34.3 Å². The summed E-state index contributed by atoms with van der Waals surface area (Å²) in [6, 6.07) is 0. The molecule has 0 aromatic heterocycles. The van der Waals surface area contributed by atoms with Crippen molar-refractivity contribution in [3.05, 3.63) is 71.9 Å². The van der Waals surface area contributed by atoms with Gasteiger partial charge in [0, 0.05) is 43.1 Å². The number of carboxylic acid groups (broad SMARTS) is 2. The van der Waals surface area contributed by atoms with Crippen LogP contribution in [0, 0.1) is 11.8 Å². The quantitative estimate of drug-likeness (QED) is 0.100. The molecule has 2 rings (SSSR count). The Hall–Kier alpha value is -3.80. The number of carbonyl (C=O) groups excluding carboxylic acids is 2. The predicted molar refractivity (Wildman–Crippen MR) is 180 cm³/mol. The van der Waals surface area contributed by atoms with Crippen LogP contribution < -0.4 is 0 Å². The Morgan fingerprint density at radius 3 is 2.27 bits per heavy atom. The van der Waals surface area contributed by atoms with Gasteiger partial charge in [0.05, 0.1) is 19.3 Å². The monoisotopic (exact) mass is 672 g/mol. The molecule has 7 atom stereocenters. The number of carboxylic acids is 2.